The minimum absolute atomic E-state index is 0.0170. The van der Waals surface area contributed by atoms with Crippen LogP contribution < -0.4 is 4.90 Å². The third-order valence-corrected chi connectivity index (χ3v) is 6.38. The van der Waals surface area contributed by atoms with Gasteiger partial charge in [-0.1, -0.05) is 0 Å². The van der Waals surface area contributed by atoms with E-state index in [1.807, 2.05) is 71.0 Å². The van der Waals surface area contributed by atoms with Crippen molar-refractivity contribution in [3.63, 3.8) is 0 Å². The van der Waals surface area contributed by atoms with Crippen LogP contribution in [0.1, 0.15) is 38.1 Å². The number of esters is 1. The standard InChI is InChI=1S/C27H33N3O7/c1-26(2)34-21-20(33-25-23(22(21)35-26)36-27(3,4)37-25)15-32-24(31)16-7-9-17(10-8-16)28-29-18-11-13-19(14-12-18)30(5)6/h7-14,20-23,25H,15H2,1-6H3/t20-,21+,22+,23-,25-/m1/s1. The molecular formula is C27H33N3O7. The van der Waals surface area contributed by atoms with E-state index >= 15 is 0 Å². The van der Waals surface area contributed by atoms with Gasteiger partial charge in [0.2, 0.25) is 0 Å². The van der Waals surface area contributed by atoms with Gasteiger partial charge in [0, 0.05) is 19.8 Å². The van der Waals surface area contributed by atoms with Crippen molar-refractivity contribution >= 4 is 23.0 Å². The number of carbonyl (C=O) groups is 1. The first-order valence-corrected chi connectivity index (χ1v) is 12.3. The molecule has 5 rings (SSSR count). The SMILES string of the molecule is CN(C)c1ccc(N=Nc2ccc(C(=O)OC[C@H]3O[C@@H]4OC(C)(C)O[C@@H]4[C@H]4OC(C)(C)O[C@H]43)cc2)cc1. The number of hydrogen-bond donors (Lipinski definition) is 0. The number of azo groups is 1. The van der Waals surface area contributed by atoms with Crippen LogP contribution in [0.4, 0.5) is 17.1 Å². The minimum Gasteiger partial charge on any atom is -0.459 e. The molecule has 0 saturated carbocycles. The summed E-state index contributed by atoms with van der Waals surface area (Å²) < 4.78 is 35.7. The van der Waals surface area contributed by atoms with E-state index in [-0.39, 0.29) is 6.61 Å². The molecule has 0 unspecified atom stereocenters. The number of hydrogen-bond acceptors (Lipinski definition) is 10. The number of benzene rings is 2. The zero-order chi connectivity index (χ0) is 26.4. The molecule has 0 spiro atoms. The average molecular weight is 512 g/mol. The summed E-state index contributed by atoms with van der Waals surface area (Å²) in [6.45, 7) is 7.30. The van der Waals surface area contributed by atoms with Gasteiger partial charge in [-0.3, -0.25) is 0 Å². The Bertz CT molecular complexity index is 1150. The maximum atomic E-state index is 12.8. The van der Waals surface area contributed by atoms with E-state index in [2.05, 4.69) is 10.2 Å². The largest absolute Gasteiger partial charge is 0.459 e. The first-order chi connectivity index (χ1) is 17.5. The highest BCUT2D eigenvalue weighted by molar-refractivity contribution is 5.89. The molecule has 0 aliphatic carbocycles. The Morgan fingerprint density at radius 3 is 1.97 bits per heavy atom. The van der Waals surface area contributed by atoms with E-state index < -0.39 is 48.2 Å². The van der Waals surface area contributed by atoms with E-state index in [4.69, 9.17) is 28.4 Å². The van der Waals surface area contributed by atoms with Crippen LogP contribution in [0.15, 0.2) is 58.8 Å². The van der Waals surface area contributed by atoms with Crippen molar-refractivity contribution in [3.8, 4) is 0 Å². The van der Waals surface area contributed by atoms with Crippen LogP contribution >= 0.6 is 0 Å². The molecule has 3 aliphatic heterocycles. The topological polar surface area (TPSA) is 100 Å². The lowest BCUT2D eigenvalue weighted by molar-refractivity contribution is -0.240. The quantitative estimate of drug-likeness (QED) is 0.406. The van der Waals surface area contributed by atoms with Gasteiger partial charge in [-0.25, -0.2) is 4.79 Å². The summed E-state index contributed by atoms with van der Waals surface area (Å²) in [5, 5.41) is 8.50. The molecule has 3 fully saturated rings. The fraction of sp³-hybridized carbons (Fsp3) is 0.519. The highest BCUT2D eigenvalue weighted by atomic mass is 16.9. The summed E-state index contributed by atoms with van der Waals surface area (Å²) in [5.41, 5.74) is 2.84. The van der Waals surface area contributed by atoms with Crippen LogP contribution in [0.5, 0.6) is 0 Å². The summed E-state index contributed by atoms with van der Waals surface area (Å²) >= 11 is 0. The monoisotopic (exact) mass is 511 g/mol. The summed E-state index contributed by atoms with van der Waals surface area (Å²) in [6, 6.07) is 14.5. The van der Waals surface area contributed by atoms with Gasteiger partial charge in [0.25, 0.3) is 0 Å². The third kappa shape index (κ3) is 5.68. The van der Waals surface area contributed by atoms with Crippen molar-refractivity contribution in [2.75, 3.05) is 25.6 Å². The average Bonchev–Trinajstić information content (AvgIpc) is 3.35. The molecule has 2 aromatic rings. The van der Waals surface area contributed by atoms with Crippen molar-refractivity contribution in [1.82, 2.24) is 0 Å². The van der Waals surface area contributed by atoms with Crippen LogP contribution in [0.3, 0.4) is 0 Å². The second-order valence-electron chi connectivity index (χ2n) is 10.5. The zero-order valence-electron chi connectivity index (χ0n) is 21.9. The lowest BCUT2D eigenvalue weighted by Gasteiger charge is -2.36. The lowest BCUT2D eigenvalue weighted by Crippen LogP contribution is -2.56. The number of carbonyl (C=O) groups excluding carboxylic acids is 1. The van der Waals surface area contributed by atoms with Gasteiger partial charge < -0.3 is 33.3 Å². The maximum absolute atomic E-state index is 12.8. The molecule has 0 amide bonds. The van der Waals surface area contributed by atoms with Crippen molar-refractivity contribution in [1.29, 1.82) is 0 Å². The van der Waals surface area contributed by atoms with Crippen molar-refractivity contribution < 1.29 is 33.2 Å². The Morgan fingerprint density at radius 2 is 1.35 bits per heavy atom. The molecule has 3 saturated heterocycles. The van der Waals surface area contributed by atoms with Gasteiger partial charge in [-0.2, -0.15) is 10.2 Å². The van der Waals surface area contributed by atoms with Gasteiger partial charge >= 0.3 is 5.97 Å². The third-order valence-electron chi connectivity index (χ3n) is 6.38. The Morgan fingerprint density at radius 1 is 0.811 bits per heavy atom. The normalized spacial score (nSPS) is 29.6. The van der Waals surface area contributed by atoms with Crippen molar-refractivity contribution in [3.05, 3.63) is 54.1 Å². The first-order valence-electron chi connectivity index (χ1n) is 12.3. The predicted octanol–water partition coefficient (Wildman–Crippen LogP) is 4.72. The molecule has 198 valence electrons. The van der Waals surface area contributed by atoms with Crippen LogP contribution in [0.25, 0.3) is 0 Å². The number of anilines is 1. The predicted molar refractivity (Wildman–Crippen MR) is 134 cm³/mol. The molecular weight excluding hydrogens is 478 g/mol. The Labute approximate surface area is 216 Å². The molecule has 0 N–H and O–H groups in total. The maximum Gasteiger partial charge on any atom is 0.338 e. The van der Waals surface area contributed by atoms with Gasteiger partial charge in [0.15, 0.2) is 17.9 Å². The van der Waals surface area contributed by atoms with Crippen LogP contribution in [-0.2, 0) is 28.4 Å². The fourth-order valence-electron chi connectivity index (χ4n) is 4.67. The molecule has 2 aromatic carbocycles. The summed E-state index contributed by atoms with van der Waals surface area (Å²) in [4.78, 5) is 14.8. The molecule has 5 atom stereocenters. The van der Waals surface area contributed by atoms with Gasteiger partial charge in [0.05, 0.1) is 16.9 Å². The Hall–Kier alpha value is -2.89. The summed E-state index contributed by atoms with van der Waals surface area (Å²) in [5.74, 6) is -2.10. The number of nitrogens with zero attached hydrogens (tertiary/aromatic N) is 3. The van der Waals surface area contributed by atoms with E-state index in [9.17, 15) is 4.79 Å². The Kier molecular flexibility index (Phi) is 6.80. The van der Waals surface area contributed by atoms with Crippen LogP contribution in [-0.4, -0.2) is 69.0 Å². The van der Waals surface area contributed by atoms with E-state index in [0.717, 1.165) is 11.4 Å². The molecule has 0 bridgehead atoms. The highest BCUT2D eigenvalue weighted by Gasteiger charge is 2.60. The lowest BCUT2D eigenvalue weighted by atomic mass is 9.99. The molecule has 0 aromatic heterocycles. The van der Waals surface area contributed by atoms with E-state index in [1.54, 1.807) is 24.3 Å². The summed E-state index contributed by atoms with van der Waals surface area (Å²) in [6.07, 6.45) is -2.50. The second-order valence-corrected chi connectivity index (χ2v) is 10.5. The van der Waals surface area contributed by atoms with E-state index in [1.165, 1.54) is 0 Å². The van der Waals surface area contributed by atoms with Gasteiger partial charge in [0.1, 0.15) is 31.0 Å². The minimum atomic E-state index is -0.815. The number of rotatable bonds is 6. The van der Waals surface area contributed by atoms with Crippen molar-refractivity contribution in [2.24, 2.45) is 10.2 Å². The molecule has 37 heavy (non-hydrogen) atoms. The molecule has 10 nitrogen and oxygen atoms in total. The molecule has 0 radical (unpaired) electrons. The van der Waals surface area contributed by atoms with Crippen LogP contribution in [0.2, 0.25) is 0 Å². The van der Waals surface area contributed by atoms with Crippen molar-refractivity contribution in [2.45, 2.75) is 70.0 Å². The summed E-state index contributed by atoms with van der Waals surface area (Å²) in [7, 11) is 3.96. The molecule has 3 heterocycles. The smallest absolute Gasteiger partial charge is 0.338 e. The second kappa shape index (κ2) is 9.77. The van der Waals surface area contributed by atoms with Crippen LogP contribution in [0, 0.1) is 0 Å². The number of fused-ring (bicyclic) bond motifs is 3. The van der Waals surface area contributed by atoms with Gasteiger partial charge in [-0.05, 0) is 76.2 Å². The number of ether oxygens (including phenoxy) is 6. The Balaban J connectivity index is 1.19. The highest BCUT2D eigenvalue weighted by Crippen LogP contribution is 2.44. The molecule has 3 aliphatic rings. The molecule has 10 heteroatoms. The van der Waals surface area contributed by atoms with E-state index in [0.29, 0.717) is 11.3 Å². The van der Waals surface area contributed by atoms with Gasteiger partial charge in [-0.15, -0.1) is 0 Å². The first kappa shape index (κ1) is 25.7. The zero-order valence-corrected chi connectivity index (χ0v) is 21.9. The fourth-order valence-corrected chi connectivity index (χ4v) is 4.67.